The van der Waals surface area contributed by atoms with Gasteiger partial charge in [-0.1, -0.05) is 63.4 Å². The first-order valence-electron chi connectivity index (χ1n) is 17.9. The number of carbonyl (C=O) groups is 2. The highest BCUT2D eigenvalue weighted by Crippen LogP contribution is 2.39. The molecule has 0 spiro atoms. The normalized spacial score (nSPS) is 11.2. The van der Waals surface area contributed by atoms with Gasteiger partial charge in [0.05, 0.1) is 13.2 Å². The van der Waals surface area contributed by atoms with Crippen LogP contribution in [0.15, 0.2) is 65.4 Å². The van der Waals surface area contributed by atoms with Gasteiger partial charge in [-0.05, 0) is 71.5 Å². The van der Waals surface area contributed by atoms with Gasteiger partial charge in [-0.25, -0.2) is 24.2 Å². The van der Waals surface area contributed by atoms with Gasteiger partial charge in [-0.3, -0.25) is 10.6 Å². The Bertz CT molecular complexity index is 2260. The Balaban J connectivity index is 1.40. The van der Waals surface area contributed by atoms with Crippen LogP contribution >= 0.6 is 46.2 Å². The van der Waals surface area contributed by atoms with Gasteiger partial charge in [-0.15, -0.1) is 38.0 Å². The van der Waals surface area contributed by atoms with Crippen LogP contribution in [-0.2, 0) is 18.6 Å². The maximum Gasteiger partial charge on any atom is 0.347 e. The maximum absolute atomic E-state index is 14.9. The molecule has 4 amide bonds. The number of ether oxygens (including phenoxy) is 2. The molecular formula is C36H43N13O4S4. The first-order valence-corrected chi connectivity index (χ1v) is 21.5. The molecule has 0 saturated heterocycles. The number of H-pyrrole nitrogens is 1. The van der Waals surface area contributed by atoms with Crippen LogP contribution in [0.3, 0.4) is 0 Å². The lowest BCUT2D eigenvalue weighted by Gasteiger charge is -2.36. The lowest BCUT2D eigenvalue weighted by Crippen LogP contribution is -2.54. The summed E-state index contributed by atoms with van der Waals surface area (Å²) in [6, 6.07) is 9.59. The minimum absolute atomic E-state index is 0.179. The number of aryl methyl sites for hydroxylation is 3. The number of hydrogen-bond acceptors (Lipinski definition) is 15. The summed E-state index contributed by atoms with van der Waals surface area (Å²) in [5.41, 5.74) is 2.44. The number of aromatic amines is 1. The van der Waals surface area contributed by atoms with E-state index in [1.54, 1.807) is 36.3 Å². The summed E-state index contributed by atoms with van der Waals surface area (Å²) in [5.74, 6) is 2.25. The molecule has 0 bridgehead atoms. The molecule has 300 valence electrons. The first-order chi connectivity index (χ1) is 27.4. The summed E-state index contributed by atoms with van der Waals surface area (Å²) in [5, 5.41) is 29.8. The van der Waals surface area contributed by atoms with Crippen molar-refractivity contribution in [1.29, 1.82) is 0 Å². The van der Waals surface area contributed by atoms with Gasteiger partial charge in [0.25, 0.3) is 0 Å². The van der Waals surface area contributed by atoms with Crippen molar-refractivity contribution in [2.75, 3.05) is 33.9 Å². The van der Waals surface area contributed by atoms with Gasteiger partial charge in [-0.2, -0.15) is 10.0 Å². The summed E-state index contributed by atoms with van der Waals surface area (Å²) < 4.78 is 14.3. The molecule has 0 atom stereocenters. The van der Waals surface area contributed by atoms with Crippen LogP contribution in [0, 0.1) is 25.7 Å². The standard InChI is InChI=1S/C36H43N13O4S4/c1-21(2)16-52-29-12-23(5)8-10-27(29)48(34(50)41-31-37-14-25(56-31)18-54-33-39-20-40-43-33)49(28-11-9-24(6)13-30(28)53-17-22(3)4)35(51)42-32-38-15-26(57-32)19-55-36-44-45-46-47(36)7/h8-15,20-22H,16-19H2,1-7H3,(H,37,41,50)(H,38,42,51)(H,39,40,43). The second-order valence-electron chi connectivity index (χ2n) is 13.6. The van der Waals surface area contributed by atoms with E-state index in [1.165, 1.54) is 62.5 Å². The molecule has 0 aliphatic heterocycles. The van der Waals surface area contributed by atoms with Crippen LogP contribution < -0.4 is 30.1 Å². The van der Waals surface area contributed by atoms with Crippen molar-refractivity contribution in [3.8, 4) is 11.5 Å². The predicted octanol–water partition coefficient (Wildman–Crippen LogP) is 8.20. The number of aromatic nitrogens is 9. The van der Waals surface area contributed by atoms with E-state index in [1.807, 2.05) is 65.8 Å². The van der Waals surface area contributed by atoms with E-state index < -0.39 is 12.1 Å². The molecule has 0 fully saturated rings. The number of nitrogens with zero attached hydrogens (tertiary/aromatic N) is 10. The van der Waals surface area contributed by atoms with E-state index in [0.29, 0.717) is 68.2 Å². The Morgan fingerprint density at radius 3 is 1.79 bits per heavy atom. The van der Waals surface area contributed by atoms with Crippen molar-refractivity contribution >= 4 is 79.9 Å². The lowest BCUT2D eigenvalue weighted by molar-refractivity contribution is 0.246. The Morgan fingerprint density at radius 1 is 0.807 bits per heavy atom. The summed E-state index contributed by atoms with van der Waals surface area (Å²) in [4.78, 5) is 43.5. The number of amides is 4. The minimum atomic E-state index is -0.673. The van der Waals surface area contributed by atoms with Crippen LogP contribution in [0.2, 0.25) is 0 Å². The van der Waals surface area contributed by atoms with E-state index >= 15 is 0 Å². The van der Waals surface area contributed by atoms with Gasteiger partial charge >= 0.3 is 12.1 Å². The van der Waals surface area contributed by atoms with E-state index in [0.717, 1.165) is 20.9 Å². The van der Waals surface area contributed by atoms with Gasteiger partial charge in [0, 0.05) is 40.7 Å². The molecule has 6 aromatic rings. The Kier molecular flexibility index (Phi) is 14.0. The molecule has 0 unspecified atom stereocenters. The number of tetrazole rings is 1. The fourth-order valence-electron chi connectivity index (χ4n) is 4.99. The first kappa shape index (κ1) is 41.4. The van der Waals surface area contributed by atoms with Gasteiger partial charge in [0.15, 0.2) is 15.4 Å². The molecule has 21 heteroatoms. The van der Waals surface area contributed by atoms with Crippen LogP contribution in [0.1, 0.15) is 48.6 Å². The van der Waals surface area contributed by atoms with Crippen molar-refractivity contribution < 1.29 is 19.1 Å². The van der Waals surface area contributed by atoms with Crippen molar-refractivity contribution in [1.82, 2.24) is 45.4 Å². The van der Waals surface area contributed by atoms with Gasteiger partial charge in [0.2, 0.25) is 5.16 Å². The van der Waals surface area contributed by atoms with Crippen LogP contribution in [0.4, 0.5) is 31.2 Å². The van der Waals surface area contributed by atoms with Gasteiger partial charge < -0.3 is 14.5 Å². The summed E-state index contributed by atoms with van der Waals surface area (Å²) in [6.07, 6.45) is 4.90. The lowest BCUT2D eigenvalue weighted by atomic mass is 10.2. The highest BCUT2D eigenvalue weighted by molar-refractivity contribution is 7.98. The van der Waals surface area contributed by atoms with E-state index in [9.17, 15) is 9.59 Å². The van der Waals surface area contributed by atoms with Crippen molar-refractivity contribution in [2.24, 2.45) is 18.9 Å². The van der Waals surface area contributed by atoms with Crippen molar-refractivity contribution in [3.05, 3.63) is 76.0 Å². The summed E-state index contributed by atoms with van der Waals surface area (Å²) in [6.45, 7) is 12.8. The average Bonchev–Trinajstić information content (AvgIpc) is 4.01. The van der Waals surface area contributed by atoms with Crippen LogP contribution in [-0.4, -0.2) is 70.6 Å². The number of hydrazine groups is 1. The SMILES string of the molecule is Cc1ccc(N(C(=O)Nc2ncc(CSc3nnc[nH]3)s2)N(C(=O)Nc2ncc(CSc3nnnn3C)s2)c2ccc(C)cc2OCC(C)C)c(OCC(C)C)c1. The molecule has 3 N–H and O–H groups in total. The smallest absolute Gasteiger partial charge is 0.347 e. The largest absolute Gasteiger partial charge is 0.491 e. The molecule has 0 saturated carbocycles. The quantitative estimate of drug-likeness (QED) is 0.0624. The third-order valence-corrected chi connectivity index (χ3v) is 11.8. The molecule has 0 aliphatic rings. The zero-order valence-electron chi connectivity index (χ0n) is 32.4. The summed E-state index contributed by atoms with van der Waals surface area (Å²) in [7, 11) is 1.77. The van der Waals surface area contributed by atoms with E-state index in [4.69, 9.17) is 9.47 Å². The monoisotopic (exact) mass is 849 g/mol. The minimum Gasteiger partial charge on any atom is -0.491 e. The second-order valence-corrected chi connectivity index (χ2v) is 17.7. The fourth-order valence-corrected chi connectivity index (χ4v) is 8.27. The molecule has 6 rings (SSSR count). The van der Waals surface area contributed by atoms with Crippen LogP contribution in [0.25, 0.3) is 0 Å². The molecule has 17 nitrogen and oxygen atoms in total. The second kappa shape index (κ2) is 19.3. The Labute approximate surface area is 346 Å². The molecule has 4 aromatic heterocycles. The summed E-state index contributed by atoms with van der Waals surface area (Å²) >= 11 is 5.51. The maximum atomic E-state index is 14.9. The number of anilines is 4. The molecular weight excluding hydrogens is 807 g/mol. The number of urea groups is 2. The number of benzene rings is 2. The molecule has 0 aliphatic carbocycles. The zero-order valence-corrected chi connectivity index (χ0v) is 35.7. The third-order valence-electron chi connectivity index (χ3n) is 7.62. The number of carbonyl (C=O) groups excluding carboxylic acids is 2. The van der Waals surface area contributed by atoms with E-state index in [-0.39, 0.29) is 11.8 Å². The predicted molar refractivity (Wildman–Crippen MR) is 225 cm³/mol. The third kappa shape index (κ3) is 11.2. The molecule has 2 aromatic carbocycles. The number of thiazole rings is 2. The molecule has 57 heavy (non-hydrogen) atoms. The van der Waals surface area contributed by atoms with Crippen LogP contribution in [0.5, 0.6) is 11.5 Å². The highest BCUT2D eigenvalue weighted by Gasteiger charge is 2.35. The average molecular weight is 850 g/mol. The van der Waals surface area contributed by atoms with E-state index in [2.05, 4.69) is 51.3 Å². The van der Waals surface area contributed by atoms with Crippen molar-refractivity contribution in [3.63, 3.8) is 0 Å². The topological polar surface area (TPSA) is 194 Å². The number of thioether (sulfide) groups is 2. The number of nitrogens with one attached hydrogen (secondary N) is 3. The van der Waals surface area contributed by atoms with Gasteiger partial charge in [0.1, 0.15) is 29.2 Å². The number of hydrogen-bond donors (Lipinski definition) is 3. The highest BCUT2D eigenvalue weighted by atomic mass is 32.2. The zero-order chi connectivity index (χ0) is 40.5. The van der Waals surface area contributed by atoms with Crippen molar-refractivity contribution in [2.45, 2.75) is 63.4 Å². The Hall–Kier alpha value is -5.25. The molecule has 4 heterocycles. The Morgan fingerprint density at radius 2 is 1.33 bits per heavy atom. The fraction of sp³-hybridized carbons (Fsp3) is 0.361. The number of rotatable bonds is 16. The molecule has 0 radical (unpaired) electrons.